The van der Waals surface area contributed by atoms with Gasteiger partial charge in [-0.1, -0.05) is 12.1 Å². The van der Waals surface area contributed by atoms with Crippen LogP contribution in [0.25, 0.3) is 10.8 Å². The molecule has 0 saturated heterocycles. The third kappa shape index (κ3) is 2.65. The predicted octanol–water partition coefficient (Wildman–Crippen LogP) is 3.59. The van der Waals surface area contributed by atoms with Crippen LogP contribution in [0.1, 0.15) is 5.56 Å². The largest absolute Gasteiger partial charge is 0.398 e. The lowest BCUT2D eigenvalue weighted by Gasteiger charge is -2.21. The van der Waals surface area contributed by atoms with Gasteiger partial charge in [-0.05, 0) is 35.9 Å². The maximum Gasteiger partial charge on any atom is 0.123 e. The molecule has 2 aromatic carbocycles. The molecule has 0 fully saturated rings. The predicted molar refractivity (Wildman–Crippen MR) is 84.7 cm³/mol. The number of nitrogens with two attached hydrogens (primary N) is 1. The Morgan fingerprint density at radius 3 is 2.81 bits per heavy atom. The van der Waals surface area contributed by atoms with Gasteiger partial charge in [-0.15, -0.1) is 0 Å². The third-order valence-corrected chi connectivity index (χ3v) is 3.55. The molecule has 0 aliphatic heterocycles. The third-order valence-electron chi connectivity index (χ3n) is 3.55. The Morgan fingerprint density at radius 1 is 1.14 bits per heavy atom. The van der Waals surface area contributed by atoms with E-state index >= 15 is 0 Å². The Balaban J connectivity index is 1.98. The summed E-state index contributed by atoms with van der Waals surface area (Å²) in [5.74, 6) is -0.218. The second kappa shape index (κ2) is 5.40. The SMILES string of the molecule is CN(Cc1cccc(F)c1)c1ccc(N)c2ccncc12. The standard InChI is InChI=1S/C17H16FN3/c1-21(11-12-3-2-4-13(18)9-12)17-6-5-16(19)14-7-8-20-10-15(14)17/h2-10H,11,19H2,1H3. The molecule has 3 aromatic rings. The minimum atomic E-state index is -0.218. The highest BCUT2D eigenvalue weighted by Crippen LogP contribution is 2.30. The summed E-state index contributed by atoms with van der Waals surface area (Å²) in [6.07, 6.45) is 3.54. The van der Waals surface area contributed by atoms with Gasteiger partial charge in [-0.25, -0.2) is 4.39 Å². The lowest BCUT2D eigenvalue weighted by molar-refractivity contribution is 0.625. The molecule has 2 N–H and O–H groups in total. The van der Waals surface area contributed by atoms with E-state index in [1.165, 1.54) is 6.07 Å². The van der Waals surface area contributed by atoms with E-state index in [0.29, 0.717) is 6.54 Å². The first kappa shape index (κ1) is 13.4. The maximum absolute atomic E-state index is 13.3. The smallest absolute Gasteiger partial charge is 0.123 e. The minimum Gasteiger partial charge on any atom is -0.398 e. The molecule has 0 spiro atoms. The van der Waals surface area contributed by atoms with E-state index in [1.54, 1.807) is 18.3 Å². The normalized spacial score (nSPS) is 10.8. The lowest BCUT2D eigenvalue weighted by Crippen LogP contribution is -2.17. The number of nitrogens with zero attached hydrogens (tertiary/aromatic N) is 2. The van der Waals surface area contributed by atoms with E-state index in [1.807, 2.05) is 37.5 Å². The van der Waals surface area contributed by atoms with Crippen molar-refractivity contribution in [3.63, 3.8) is 0 Å². The zero-order chi connectivity index (χ0) is 14.8. The van der Waals surface area contributed by atoms with Crippen LogP contribution in [0.3, 0.4) is 0 Å². The second-order valence-electron chi connectivity index (χ2n) is 5.08. The highest BCUT2D eigenvalue weighted by atomic mass is 19.1. The van der Waals surface area contributed by atoms with Crippen molar-refractivity contribution < 1.29 is 4.39 Å². The highest BCUT2D eigenvalue weighted by Gasteiger charge is 2.09. The van der Waals surface area contributed by atoms with Crippen LogP contribution in [0.4, 0.5) is 15.8 Å². The molecule has 1 aromatic heterocycles. The van der Waals surface area contributed by atoms with Gasteiger partial charge in [0.1, 0.15) is 5.82 Å². The van der Waals surface area contributed by atoms with Crippen LogP contribution in [0.15, 0.2) is 54.9 Å². The number of pyridine rings is 1. The van der Waals surface area contributed by atoms with E-state index in [-0.39, 0.29) is 5.82 Å². The summed E-state index contributed by atoms with van der Waals surface area (Å²) in [7, 11) is 1.98. The van der Waals surface area contributed by atoms with Gasteiger partial charge in [0, 0.05) is 48.1 Å². The average Bonchev–Trinajstić information content (AvgIpc) is 2.48. The molecule has 0 unspecified atom stereocenters. The Hall–Kier alpha value is -2.62. The van der Waals surface area contributed by atoms with E-state index in [9.17, 15) is 4.39 Å². The molecular weight excluding hydrogens is 265 g/mol. The van der Waals surface area contributed by atoms with E-state index in [4.69, 9.17) is 5.73 Å². The number of hydrogen-bond donors (Lipinski definition) is 1. The number of benzene rings is 2. The number of hydrogen-bond acceptors (Lipinski definition) is 3. The molecular formula is C17H16FN3. The van der Waals surface area contributed by atoms with Crippen molar-refractivity contribution in [3.8, 4) is 0 Å². The van der Waals surface area contributed by atoms with Crippen LogP contribution < -0.4 is 10.6 Å². The van der Waals surface area contributed by atoms with Gasteiger partial charge in [0.2, 0.25) is 0 Å². The van der Waals surface area contributed by atoms with Gasteiger partial charge in [0.25, 0.3) is 0 Å². The van der Waals surface area contributed by atoms with Gasteiger partial charge in [-0.2, -0.15) is 0 Å². The summed E-state index contributed by atoms with van der Waals surface area (Å²) in [6.45, 7) is 0.617. The number of rotatable bonds is 3. The molecule has 21 heavy (non-hydrogen) atoms. The van der Waals surface area contributed by atoms with Gasteiger partial charge in [0.05, 0.1) is 0 Å². The quantitative estimate of drug-likeness (QED) is 0.746. The van der Waals surface area contributed by atoms with E-state index in [2.05, 4.69) is 9.88 Å². The molecule has 1 heterocycles. The van der Waals surface area contributed by atoms with Crippen molar-refractivity contribution in [2.45, 2.75) is 6.54 Å². The number of halogens is 1. The first-order valence-electron chi connectivity index (χ1n) is 6.73. The molecule has 0 aliphatic rings. The summed E-state index contributed by atoms with van der Waals surface area (Å²) in [6, 6.07) is 12.4. The molecule has 3 rings (SSSR count). The topological polar surface area (TPSA) is 42.1 Å². The molecule has 3 nitrogen and oxygen atoms in total. The van der Waals surface area contributed by atoms with Crippen LogP contribution >= 0.6 is 0 Å². The number of aromatic nitrogens is 1. The van der Waals surface area contributed by atoms with E-state index < -0.39 is 0 Å². The van der Waals surface area contributed by atoms with Crippen LogP contribution in [0.5, 0.6) is 0 Å². The number of fused-ring (bicyclic) bond motifs is 1. The fourth-order valence-electron chi connectivity index (χ4n) is 2.53. The van der Waals surface area contributed by atoms with Crippen LogP contribution in [0.2, 0.25) is 0 Å². The monoisotopic (exact) mass is 281 g/mol. The maximum atomic E-state index is 13.3. The average molecular weight is 281 g/mol. The first-order valence-corrected chi connectivity index (χ1v) is 6.73. The Labute approximate surface area is 122 Å². The van der Waals surface area contributed by atoms with Gasteiger partial charge < -0.3 is 10.6 Å². The molecule has 106 valence electrons. The van der Waals surface area contributed by atoms with Crippen molar-refractivity contribution in [2.24, 2.45) is 0 Å². The summed E-state index contributed by atoms with van der Waals surface area (Å²) >= 11 is 0. The van der Waals surface area contributed by atoms with Crippen LogP contribution in [-0.4, -0.2) is 12.0 Å². The molecule has 0 bridgehead atoms. The van der Waals surface area contributed by atoms with Gasteiger partial charge in [0.15, 0.2) is 0 Å². The molecule has 0 saturated carbocycles. The lowest BCUT2D eigenvalue weighted by atomic mass is 10.1. The molecule has 4 heteroatoms. The molecule has 0 radical (unpaired) electrons. The van der Waals surface area contributed by atoms with Crippen LogP contribution in [-0.2, 0) is 6.54 Å². The summed E-state index contributed by atoms with van der Waals surface area (Å²) < 4.78 is 13.3. The highest BCUT2D eigenvalue weighted by molar-refractivity contribution is 6.00. The van der Waals surface area contributed by atoms with E-state index in [0.717, 1.165) is 27.7 Å². The Morgan fingerprint density at radius 2 is 2.00 bits per heavy atom. The minimum absolute atomic E-state index is 0.218. The van der Waals surface area contributed by atoms with Gasteiger partial charge >= 0.3 is 0 Å². The van der Waals surface area contributed by atoms with Crippen molar-refractivity contribution in [1.82, 2.24) is 4.98 Å². The van der Waals surface area contributed by atoms with Gasteiger partial charge in [-0.3, -0.25) is 4.98 Å². The number of nitrogen functional groups attached to an aromatic ring is 1. The zero-order valence-corrected chi connectivity index (χ0v) is 11.8. The molecule has 0 atom stereocenters. The zero-order valence-electron chi connectivity index (χ0n) is 11.8. The first-order chi connectivity index (χ1) is 10.1. The van der Waals surface area contributed by atoms with Crippen LogP contribution in [0, 0.1) is 5.82 Å². The fourth-order valence-corrected chi connectivity index (χ4v) is 2.53. The van der Waals surface area contributed by atoms with Crippen molar-refractivity contribution >= 4 is 22.1 Å². The van der Waals surface area contributed by atoms with Crippen molar-refractivity contribution in [2.75, 3.05) is 17.7 Å². The number of anilines is 2. The Bertz CT molecular complexity index is 786. The summed E-state index contributed by atoms with van der Waals surface area (Å²) in [4.78, 5) is 6.24. The van der Waals surface area contributed by atoms with Crippen molar-refractivity contribution in [1.29, 1.82) is 0 Å². The Kier molecular flexibility index (Phi) is 3.44. The van der Waals surface area contributed by atoms with Crippen molar-refractivity contribution in [3.05, 3.63) is 66.2 Å². The second-order valence-corrected chi connectivity index (χ2v) is 5.08. The summed E-state index contributed by atoms with van der Waals surface area (Å²) in [5.41, 5.74) is 8.68. The fraction of sp³-hybridized carbons (Fsp3) is 0.118. The molecule has 0 aliphatic carbocycles. The molecule has 0 amide bonds. The summed E-state index contributed by atoms with van der Waals surface area (Å²) in [5, 5.41) is 1.98.